The largest absolute Gasteiger partial charge is 0.478 e. The fourth-order valence-electron chi connectivity index (χ4n) is 2.18. The van der Waals surface area contributed by atoms with Crippen LogP contribution in [0.4, 0.5) is 10.1 Å². The normalized spacial score (nSPS) is 10.4. The van der Waals surface area contributed by atoms with Gasteiger partial charge in [-0.2, -0.15) is 0 Å². The Bertz CT molecular complexity index is 920. The minimum atomic E-state index is -1.00. The van der Waals surface area contributed by atoms with Crippen molar-refractivity contribution in [3.63, 3.8) is 0 Å². The standard InChI is InChI=1S/C18H12FNO3S/c19-13-5-2-6-14(10-13)20-17(21)16-8-7-15(24-16)11-3-1-4-12(9-11)18(22)23/h1-10H,(H,20,21)(H,22,23). The Labute approximate surface area is 141 Å². The highest BCUT2D eigenvalue weighted by Gasteiger charge is 2.12. The number of rotatable bonds is 4. The third-order valence-electron chi connectivity index (χ3n) is 3.31. The van der Waals surface area contributed by atoms with Crippen molar-refractivity contribution in [3.8, 4) is 10.4 Å². The number of amides is 1. The first-order valence-electron chi connectivity index (χ1n) is 7.03. The predicted octanol–water partition coefficient (Wildman–Crippen LogP) is 4.50. The third-order valence-corrected chi connectivity index (χ3v) is 4.44. The first-order chi connectivity index (χ1) is 11.5. The molecular weight excluding hydrogens is 329 g/mol. The molecule has 0 radical (unpaired) electrons. The number of hydrogen-bond donors (Lipinski definition) is 2. The first-order valence-corrected chi connectivity index (χ1v) is 7.85. The smallest absolute Gasteiger partial charge is 0.335 e. The second kappa shape index (κ2) is 6.64. The fourth-order valence-corrected chi connectivity index (χ4v) is 3.08. The van der Waals surface area contributed by atoms with Gasteiger partial charge in [0.25, 0.3) is 5.91 Å². The summed E-state index contributed by atoms with van der Waals surface area (Å²) in [5, 5.41) is 11.7. The van der Waals surface area contributed by atoms with E-state index in [1.54, 1.807) is 36.4 Å². The van der Waals surface area contributed by atoms with Crippen LogP contribution in [0.1, 0.15) is 20.0 Å². The van der Waals surface area contributed by atoms with Crippen LogP contribution in [0.2, 0.25) is 0 Å². The van der Waals surface area contributed by atoms with E-state index in [4.69, 9.17) is 5.11 Å². The van der Waals surface area contributed by atoms with Crippen LogP contribution in [0.15, 0.2) is 60.7 Å². The molecular formula is C18H12FNO3S. The first kappa shape index (κ1) is 15.9. The molecule has 24 heavy (non-hydrogen) atoms. The summed E-state index contributed by atoms with van der Waals surface area (Å²) in [5.74, 6) is -1.77. The van der Waals surface area contributed by atoms with Gasteiger partial charge in [0.1, 0.15) is 5.82 Å². The van der Waals surface area contributed by atoms with Crippen LogP contribution in [0.5, 0.6) is 0 Å². The van der Waals surface area contributed by atoms with E-state index < -0.39 is 11.8 Å². The zero-order valence-electron chi connectivity index (χ0n) is 12.3. The van der Waals surface area contributed by atoms with Crippen LogP contribution < -0.4 is 5.32 Å². The summed E-state index contributed by atoms with van der Waals surface area (Å²) in [6, 6.07) is 15.6. The zero-order valence-corrected chi connectivity index (χ0v) is 13.1. The molecule has 0 atom stereocenters. The fraction of sp³-hybridized carbons (Fsp3) is 0. The lowest BCUT2D eigenvalue weighted by Gasteiger charge is -2.03. The molecule has 1 aromatic heterocycles. The van der Waals surface area contributed by atoms with Gasteiger partial charge in [0, 0.05) is 10.6 Å². The number of nitrogens with one attached hydrogen (secondary N) is 1. The number of thiophene rings is 1. The van der Waals surface area contributed by atoms with E-state index >= 15 is 0 Å². The highest BCUT2D eigenvalue weighted by molar-refractivity contribution is 7.17. The Morgan fingerprint density at radius 2 is 1.79 bits per heavy atom. The van der Waals surface area contributed by atoms with Crippen molar-refractivity contribution < 1.29 is 19.1 Å². The monoisotopic (exact) mass is 341 g/mol. The highest BCUT2D eigenvalue weighted by atomic mass is 32.1. The number of carboxylic acid groups (broad SMARTS) is 1. The van der Waals surface area contributed by atoms with Crippen LogP contribution in [-0.4, -0.2) is 17.0 Å². The van der Waals surface area contributed by atoms with Crippen molar-refractivity contribution in [1.29, 1.82) is 0 Å². The van der Waals surface area contributed by atoms with Crippen molar-refractivity contribution in [2.45, 2.75) is 0 Å². The Morgan fingerprint density at radius 3 is 2.54 bits per heavy atom. The summed E-state index contributed by atoms with van der Waals surface area (Å²) in [6.45, 7) is 0. The number of anilines is 1. The maximum atomic E-state index is 13.2. The van der Waals surface area contributed by atoms with Gasteiger partial charge in [-0.25, -0.2) is 9.18 Å². The molecule has 2 aromatic carbocycles. The van der Waals surface area contributed by atoms with Gasteiger partial charge in [-0.05, 0) is 48.0 Å². The SMILES string of the molecule is O=C(O)c1cccc(-c2ccc(C(=O)Nc3cccc(F)c3)s2)c1. The number of carbonyl (C=O) groups is 2. The molecule has 2 N–H and O–H groups in total. The molecule has 0 saturated carbocycles. The van der Waals surface area contributed by atoms with Crippen LogP contribution in [0.25, 0.3) is 10.4 Å². The molecule has 1 amide bonds. The molecule has 3 rings (SSSR count). The van der Waals surface area contributed by atoms with Crippen molar-refractivity contribution in [2.24, 2.45) is 0 Å². The van der Waals surface area contributed by atoms with E-state index in [0.29, 0.717) is 10.6 Å². The van der Waals surface area contributed by atoms with Gasteiger partial charge in [0.05, 0.1) is 10.4 Å². The molecule has 0 saturated heterocycles. The lowest BCUT2D eigenvalue weighted by molar-refractivity contribution is 0.0696. The Hall–Kier alpha value is -2.99. The summed E-state index contributed by atoms with van der Waals surface area (Å²) in [4.78, 5) is 24.5. The van der Waals surface area contributed by atoms with Crippen molar-refractivity contribution in [1.82, 2.24) is 0 Å². The average Bonchev–Trinajstić information content (AvgIpc) is 3.05. The van der Waals surface area contributed by atoms with E-state index in [-0.39, 0.29) is 11.5 Å². The second-order valence-corrected chi connectivity index (χ2v) is 6.10. The summed E-state index contributed by atoms with van der Waals surface area (Å²) >= 11 is 1.24. The Kier molecular flexibility index (Phi) is 4.39. The third kappa shape index (κ3) is 3.49. The van der Waals surface area contributed by atoms with Gasteiger partial charge in [0.2, 0.25) is 0 Å². The van der Waals surface area contributed by atoms with Gasteiger partial charge in [-0.3, -0.25) is 4.79 Å². The van der Waals surface area contributed by atoms with Gasteiger partial charge in [-0.1, -0.05) is 18.2 Å². The minimum Gasteiger partial charge on any atom is -0.478 e. The summed E-state index contributed by atoms with van der Waals surface area (Å²) < 4.78 is 13.2. The van der Waals surface area contributed by atoms with Gasteiger partial charge >= 0.3 is 5.97 Å². The van der Waals surface area contributed by atoms with Crippen molar-refractivity contribution in [2.75, 3.05) is 5.32 Å². The van der Waals surface area contributed by atoms with Crippen LogP contribution in [0, 0.1) is 5.82 Å². The van der Waals surface area contributed by atoms with Gasteiger partial charge < -0.3 is 10.4 Å². The van der Waals surface area contributed by atoms with Crippen LogP contribution >= 0.6 is 11.3 Å². The number of aromatic carboxylic acids is 1. The molecule has 0 aliphatic heterocycles. The molecule has 0 aliphatic carbocycles. The van der Waals surface area contributed by atoms with E-state index in [9.17, 15) is 14.0 Å². The number of carbonyl (C=O) groups excluding carboxylic acids is 1. The molecule has 120 valence electrons. The molecule has 0 fully saturated rings. The second-order valence-electron chi connectivity index (χ2n) is 5.01. The maximum Gasteiger partial charge on any atom is 0.335 e. The summed E-state index contributed by atoms with van der Waals surface area (Å²) in [7, 11) is 0. The zero-order chi connectivity index (χ0) is 17.1. The Morgan fingerprint density at radius 1 is 1.00 bits per heavy atom. The molecule has 0 unspecified atom stereocenters. The molecule has 0 bridgehead atoms. The Balaban J connectivity index is 1.81. The molecule has 4 nitrogen and oxygen atoms in total. The lowest BCUT2D eigenvalue weighted by Crippen LogP contribution is -2.09. The minimum absolute atomic E-state index is 0.187. The maximum absolute atomic E-state index is 13.2. The molecule has 3 aromatic rings. The van der Waals surface area contributed by atoms with E-state index in [2.05, 4.69) is 5.32 Å². The van der Waals surface area contributed by atoms with E-state index in [1.165, 1.54) is 35.6 Å². The molecule has 0 spiro atoms. The predicted molar refractivity (Wildman–Crippen MR) is 91.1 cm³/mol. The summed E-state index contributed by atoms with van der Waals surface area (Å²) in [5.41, 5.74) is 1.29. The molecule has 0 aliphatic rings. The topological polar surface area (TPSA) is 66.4 Å². The quantitative estimate of drug-likeness (QED) is 0.734. The highest BCUT2D eigenvalue weighted by Crippen LogP contribution is 2.29. The van der Waals surface area contributed by atoms with E-state index in [1.807, 2.05) is 0 Å². The number of benzene rings is 2. The van der Waals surface area contributed by atoms with Crippen LogP contribution in [0.3, 0.4) is 0 Å². The number of carboxylic acids is 1. The van der Waals surface area contributed by atoms with Crippen molar-refractivity contribution >= 4 is 28.9 Å². The average molecular weight is 341 g/mol. The van der Waals surface area contributed by atoms with E-state index in [0.717, 1.165) is 10.4 Å². The lowest BCUT2D eigenvalue weighted by atomic mass is 10.1. The summed E-state index contributed by atoms with van der Waals surface area (Å²) in [6.07, 6.45) is 0. The van der Waals surface area contributed by atoms with Crippen molar-refractivity contribution in [3.05, 3.63) is 76.9 Å². The van der Waals surface area contributed by atoms with Gasteiger partial charge in [0.15, 0.2) is 0 Å². The van der Waals surface area contributed by atoms with Crippen LogP contribution in [-0.2, 0) is 0 Å². The molecule has 1 heterocycles. The number of hydrogen-bond acceptors (Lipinski definition) is 3. The molecule has 6 heteroatoms. The number of halogens is 1. The van der Waals surface area contributed by atoms with Gasteiger partial charge in [-0.15, -0.1) is 11.3 Å².